The van der Waals surface area contributed by atoms with Gasteiger partial charge in [0.2, 0.25) is 0 Å². The summed E-state index contributed by atoms with van der Waals surface area (Å²) in [5.74, 6) is -0.891. The maximum Gasteiger partial charge on any atom is 0.418 e. The standard InChI is InChI=1S/C9H5F4NS.C2H6/c1-4-6-2-5(10)3-7(9(11,12)13)8(6)14-15-4;1-2/h2-3H,1H3;1-2H3. The molecule has 0 radical (unpaired) electrons. The van der Waals surface area contributed by atoms with E-state index in [0.717, 1.165) is 17.6 Å². The van der Waals surface area contributed by atoms with Crippen LogP contribution in [0.2, 0.25) is 0 Å². The second-order valence-electron chi connectivity index (χ2n) is 3.09. The minimum absolute atomic E-state index is 0.175. The van der Waals surface area contributed by atoms with E-state index in [2.05, 4.69) is 4.37 Å². The Bertz CT molecular complexity index is 516. The molecule has 0 bridgehead atoms. The van der Waals surface area contributed by atoms with Crippen LogP contribution in [-0.4, -0.2) is 4.37 Å². The van der Waals surface area contributed by atoms with Crippen LogP contribution in [-0.2, 0) is 6.18 Å². The number of rotatable bonds is 0. The Morgan fingerprint density at radius 3 is 2.29 bits per heavy atom. The number of nitrogens with zero attached hydrogens (tertiary/aromatic N) is 1. The van der Waals surface area contributed by atoms with Crippen molar-refractivity contribution in [1.29, 1.82) is 0 Å². The highest BCUT2D eigenvalue weighted by Gasteiger charge is 2.34. The number of aromatic nitrogens is 1. The molecule has 1 heterocycles. The van der Waals surface area contributed by atoms with Crippen LogP contribution in [0, 0.1) is 12.7 Å². The van der Waals surface area contributed by atoms with Crippen molar-refractivity contribution in [1.82, 2.24) is 4.37 Å². The summed E-state index contributed by atoms with van der Waals surface area (Å²) in [6.07, 6.45) is -4.57. The van der Waals surface area contributed by atoms with Crippen LogP contribution in [0.3, 0.4) is 0 Å². The van der Waals surface area contributed by atoms with Gasteiger partial charge in [0.1, 0.15) is 5.82 Å². The molecule has 94 valence electrons. The zero-order chi connectivity index (χ0) is 13.2. The SMILES string of the molecule is CC.Cc1snc2c(C(F)(F)F)cc(F)cc12. The minimum atomic E-state index is -4.57. The molecule has 0 atom stereocenters. The third-order valence-electron chi connectivity index (χ3n) is 2.03. The van der Waals surface area contributed by atoms with Crippen molar-refractivity contribution >= 4 is 22.4 Å². The summed E-state index contributed by atoms with van der Waals surface area (Å²) in [6, 6.07) is 1.55. The van der Waals surface area contributed by atoms with Crippen molar-refractivity contribution in [3.8, 4) is 0 Å². The maximum absolute atomic E-state index is 13.0. The van der Waals surface area contributed by atoms with Gasteiger partial charge in [0.25, 0.3) is 0 Å². The summed E-state index contributed by atoms with van der Waals surface area (Å²) in [7, 11) is 0. The molecular weight excluding hydrogens is 254 g/mol. The zero-order valence-corrected chi connectivity index (χ0v) is 10.3. The second kappa shape index (κ2) is 5.00. The summed E-state index contributed by atoms with van der Waals surface area (Å²) < 4.78 is 54.2. The smallest absolute Gasteiger partial charge is 0.207 e. The zero-order valence-electron chi connectivity index (χ0n) is 9.52. The van der Waals surface area contributed by atoms with Crippen LogP contribution in [0.4, 0.5) is 17.6 Å². The number of hydrogen-bond acceptors (Lipinski definition) is 2. The molecule has 1 aromatic carbocycles. The predicted octanol–water partition coefficient (Wildman–Crippen LogP) is 4.79. The van der Waals surface area contributed by atoms with Crippen molar-refractivity contribution in [2.75, 3.05) is 0 Å². The van der Waals surface area contributed by atoms with E-state index in [1.54, 1.807) is 6.92 Å². The molecule has 2 rings (SSSR count). The van der Waals surface area contributed by atoms with E-state index in [0.29, 0.717) is 10.9 Å². The molecule has 0 unspecified atom stereocenters. The Morgan fingerprint density at radius 2 is 1.76 bits per heavy atom. The molecule has 0 fully saturated rings. The molecule has 17 heavy (non-hydrogen) atoms. The molecule has 0 saturated heterocycles. The first-order valence-corrected chi connectivity index (χ1v) is 5.79. The number of benzene rings is 1. The van der Waals surface area contributed by atoms with Crippen molar-refractivity contribution < 1.29 is 17.6 Å². The number of halogens is 4. The van der Waals surface area contributed by atoms with E-state index in [9.17, 15) is 17.6 Å². The highest BCUT2D eigenvalue weighted by atomic mass is 32.1. The average molecular weight is 265 g/mol. The number of aryl methyl sites for hydroxylation is 1. The molecule has 0 spiro atoms. The second-order valence-corrected chi connectivity index (χ2v) is 4.06. The molecule has 1 nitrogen and oxygen atoms in total. The van der Waals surface area contributed by atoms with Crippen LogP contribution in [0.1, 0.15) is 24.3 Å². The molecule has 6 heteroatoms. The first-order chi connectivity index (χ1) is 7.89. The number of alkyl halides is 3. The number of fused-ring (bicyclic) bond motifs is 1. The molecule has 0 aliphatic rings. The van der Waals surface area contributed by atoms with E-state index >= 15 is 0 Å². The van der Waals surface area contributed by atoms with Gasteiger partial charge >= 0.3 is 6.18 Å². The fourth-order valence-electron chi connectivity index (χ4n) is 1.35. The maximum atomic E-state index is 13.0. The fourth-order valence-corrected chi connectivity index (χ4v) is 2.02. The molecule has 1 aromatic heterocycles. The highest BCUT2D eigenvalue weighted by Crippen LogP contribution is 2.36. The molecule has 2 aromatic rings. The molecular formula is C11H11F4NS. The molecule has 0 N–H and O–H groups in total. The van der Waals surface area contributed by atoms with Gasteiger partial charge in [-0.15, -0.1) is 0 Å². The summed E-state index contributed by atoms with van der Waals surface area (Å²) in [5, 5.41) is 0.229. The number of hydrogen-bond donors (Lipinski definition) is 0. The van der Waals surface area contributed by atoms with Gasteiger partial charge < -0.3 is 0 Å². The van der Waals surface area contributed by atoms with Gasteiger partial charge in [-0.05, 0) is 30.6 Å². The highest BCUT2D eigenvalue weighted by molar-refractivity contribution is 7.07. The first-order valence-electron chi connectivity index (χ1n) is 5.02. The van der Waals surface area contributed by atoms with E-state index < -0.39 is 17.6 Å². The Kier molecular flexibility index (Phi) is 4.08. The lowest BCUT2D eigenvalue weighted by Crippen LogP contribution is -2.06. The monoisotopic (exact) mass is 265 g/mol. The quantitative estimate of drug-likeness (QED) is 0.624. The summed E-state index contributed by atoms with van der Waals surface area (Å²) >= 11 is 0.940. The van der Waals surface area contributed by atoms with Crippen LogP contribution in [0.15, 0.2) is 12.1 Å². The van der Waals surface area contributed by atoms with Gasteiger partial charge in [-0.25, -0.2) is 4.39 Å². The van der Waals surface area contributed by atoms with Gasteiger partial charge in [0, 0.05) is 10.3 Å². The first kappa shape index (κ1) is 13.9. The lowest BCUT2D eigenvalue weighted by atomic mass is 10.1. The minimum Gasteiger partial charge on any atom is -0.207 e. The van der Waals surface area contributed by atoms with Crippen LogP contribution < -0.4 is 0 Å². The third kappa shape index (κ3) is 2.74. The van der Waals surface area contributed by atoms with Crippen LogP contribution >= 0.6 is 11.5 Å². The molecule has 0 aliphatic carbocycles. The Morgan fingerprint density at radius 1 is 1.18 bits per heavy atom. The van der Waals surface area contributed by atoms with Gasteiger partial charge in [0.05, 0.1) is 11.1 Å². The fraction of sp³-hybridized carbons (Fsp3) is 0.364. The normalized spacial score (nSPS) is 11.2. The van der Waals surface area contributed by atoms with E-state index in [4.69, 9.17) is 0 Å². The van der Waals surface area contributed by atoms with Gasteiger partial charge in [0.15, 0.2) is 0 Å². The van der Waals surface area contributed by atoms with Crippen LogP contribution in [0.25, 0.3) is 10.9 Å². The average Bonchev–Trinajstić information content (AvgIpc) is 2.61. The van der Waals surface area contributed by atoms with Crippen molar-refractivity contribution in [2.24, 2.45) is 0 Å². The summed E-state index contributed by atoms with van der Waals surface area (Å²) in [4.78, 5) is 0.579. The van der Waals surface area contributed by atoms with E-state index in [1.165, 1.54) is 0 Å². The van der Waals surface area contributed by atoms with Crippen molar-refractivity contribution in [3.63, 3.8) is 0 Å². The lowest BCUT2D eigenvalue weighted by Gasteiger charge is -2.07. The molecule has 0 aliphatic heterocycles. The van der Waals surface area contributed by atoms with Crippen molar-refractivity contribution in [2.45, 2.75) is 26.9 Å². The Balaban J connectivity index is 0.000000686. The predicted molar refractivity (Wildman–Crippen MR) is 60.7 cm³/mol. The van der Waals surface area contributed by atoms with Crippen molar-refractivity contribution in [3.05, 3.63) is 28.4 Å². The third-order valence-corrected chi connectivity index (χ3v) is 2.80. The van der Waals surface area contributed by atoms with Gasteiger partial charge in [-0.1, -0.05) is 13.8 Å². The largest absolute Gasteiger partial charge is 0.418 e. The Labute approximate surface area is 100 Å². The Hall–Kier alpha value is -1.17. The molecule has 0 amide bonds. The van der Waals surface area contributed by atoms with Gasteiger partial charge in [-0.2, -0.15) is 17.5 Å². The summed E-state index contributed by atoms with van der Waals surface area (Å²) in [5.41, 5.74) is -1.19. The molecule has 0 saturated carbocycles. The topological polar surface area (TPSA) is 12.9 Å². The van der Waals surface area contributed by atoms with Gasteiger partial charge in [-0.3, -0.25) is 0 Å². The van der Waals surface area contributed by atoms with E-state index in [-0.39, 0.29) is 10.9 Å². The summed E-state index contributed by atoms with van der Waals surface area (Å²) in [6.45, 7) is 5.61. The lowest BCUT2D eigenvalue weighted by molar-refractivity contribution is -0.136. The van der Waals surface area contributed by atoms with Crippen LogP contribution in [0.5, 0.6) is 0 Å². The van der Waals surface area contributed by atoms with E-state index in [1.807, 2.05) is 13.8 Å².